The van der Waals surface area contributed by atoms with Crippen molar-refractivity contribution in [2.45, 2.75) is 26.2 Å². The average Bonchev–Trinajstić information content (AvgIpc) is 2.42. The fraction of sp³-hybridized carbons (Fsp3) is 0.467. The molecule has 1 atom stereocenters. The summed E-state index contributed by atoms with van der Waals surface area (Å²) in [7, 11) is 0. The third-order valence-electron chi connectivity index (χ3n) is 3.67. The summed E-state index contributed by atoms with van der Waals surface area (Å²) in [4.78, 5) is 25.7. The molecule has 0 bridgehead atoms. The van der Waals surface area contributed by atoms with Crippen LogP contribution in [0.3, 0.4) is 0 Å². The molecule has 0 aromatic heterocycles. The second-order valence-corrected chi connectivity index (χ2v) is 5.34. The first-order chi connectivity index (χ1) is 9.11. The van der Waals surface area contributed by atoms with Crippen LogP contribution in [-0.2, 0) is 16.0 Å². The van der Waals surface area contributed by atoms with Gasteiger partial charge in [-0.25, -0.2) is 0 Å². The molecule has 1 aliphatic heterocycles. The van der Waals surface area contributed by atoms with Crippen molar-refractivity contribution in [3.05, 3.63) is 34.9 Å². The van der Waals surface area contributed by atoms with E-state index in [-0.39, 0.29) is 17.6 Å². The summed E-state index contributed by atoms with van der Waals surface area (Å²) in [5.74, 6) is 0.340. The number of Topliss-reactive ketones (excluding diaryl/α,β-unsaturated/α-hetero) is 1. The van der Waals surface area contributed by atoms with Crippen molar-refractivity contribution in [3.8, 4) is 0 Å². The topological polar surface area (TPSA) is 37.4 Å². The summed E-state index contributed by atoms with van der Waals surface area (Å²) in [6.07, 6.45) is 1.59. The first-order valence-corrected chi connectivity index (χ1v) is 7.03. The number of nitrogens with zero attached hydrogens (tertiary/aromatic N) is 1. The van der Waals surface area contributed by atoms with E-state index in [1.807, 2.05) is 25.1 Å². The first-order valence-electron chi connectivity index (χ1n) is 6.65. The molecule has 1 unspecified atom stereocenters. The van der Waals surface area contributed by atoms with Crippen LogP contribution in [0, 0.1) is 5.92 Å². The molecule has 1 aromatic rings. The Bertz CT molecular complexity index is 487. The van der Waals surface area contributed by atoms with Crippen LogP contribution < -0.4 is 0 Å². The molecule has 0 radical (unpaired) electrons. The van der Waals surface area contributed by atoms with Gasteiger partial charge in [-0.15, -0.1) is 0 Å². The number of rotatable bonds is 3. The van der Waals surface area contributed by atoms with E-state index in [9.17, 15) is 9.59 Å². The van der Waals surface area contributed by atoms with Crippen LogP contribution in [0.5, 0.6) is 0 Å². The number of likely N-dealkylation sites (tertiary alicyclic amines) is 1. The molecule has 2 rings (SSSR count). The Morgan fingerprint density at radius 1 is 1.42 bits per heavy atom. The minimum absolute atomic E-state index is 0.00365. The normalized spacial score (nSPS) is 19.6. The molecule has 0 spiro atoms. The van der Waals surface area contributed by atoms with E-state index < -0.39 is 0 Å². The Morgan fingerprint density at radius 2 is 2.16 bits per heavy atom. The van der Waals surface area contributed by atoms with Crippen LogP contribution in [-0.4, -0.2) is 29.7 Å². The van der Waals surface area contributed by atoms with E-state index in [2.05, 4.69) is 0 Å². The Kier molecular flexibility index (Phi) is 4.59. The van der Waals surface area contributed by atoms with Crippen LogP contribution in [0.4, 0.5) is 0 Å². The number of hydrogen-bond donors (Lipinski definition) is 0. The van der Waals surface area contributed by atoms with Gasteiger partial charge < -0.3 is 4.90 Å². The zero-order valence-electron chi connectivity index (χ0n) is 11.1. The SMILES string of the molecule is CCC1CN(C(=O)Cc2ccccc2Cl)CCC1=O. The maximum Gasteiger partial charge on any atom is 0.227 e. The minimum Gasteiger partial charge on any atom is -0.341 e. The van der Waals surface area contributed by atoms with Crippen LogP contribution in [0.2, 0.25) is 5.02 Å². The van der Waals surface area contributed by atoms with Gasteiger partial charge in [-0.05, 0) is 18.1 Å². The summed E-state index contributed by atoms with van der Waals surface area (Å²) in [5, 5.41) is 0.621. The van der Waals surface area contributed by atoms with E-state index in [4.69, 9.17) is 11.6 Å². The molecule has 0 aliphatic carbocycles. The third-order valence-corrected chi connectivity index (χ3v) is 4.04. The summed E-state index contributed by atoms with van der Waals surface area (Å²) in [6, 6.07) is 7.39. The predicted octanol–water partition coefficient (Wildman–Crippen LogP) is 2.71. The summed E-state index contributed by atoms with van der Waals surface area (Å²) < 4.78 is 0. The largest absolute Gasteiger partial charge is 0.341 e. The molecule has 0 N–H and O–H groups in total. The number of piperidine rings is 1. The van der Waals surface area contributed by atoms with Gasteiger partial charge in [-0.1, -0.05) is 36.7 Å². The van der Waals surface area contributed by atoms with Gasteiger partial charge >= 0.3 is 0 Å². The lowest BCUT2D eigenvalue weighted by Gasteiger charge is -2.31. The van der Waals surface area contributed by atoms with Crippen molar-refractivity contribution in [1.82, 2.24) is 4.90 Å². The molecule has 19 heavy (non-hydrogen) atoms. The van der Waals surface area contributed by atoms with Crippen LogP contribution in [0.25, 0.3) is 0 Å². The number of hydrogen-bond acceptors (Lipinski definition) is 2. The van der Waals surface area contributed by atoms with Crippen molar-refractivity contribution in [3.63, 3.8) is 0 Å². The van der Waals surface area contributed by atoms with E-state index in [1.54, 1.807) is 11.0 Å². The number of halogens is 1. The van der Waals surface area contributed by atoms with Gasteiger partial charge in [-0.2, -0.15) is 0 Å². The number of carbonyl (C=O) groups is 2. The molecule has 1 amide bonds. The quantitative estimate of drug-likeness (QED) is 0.853. The maximum atomic E-state index is 12.2. The highest BCUT2D eigenvalue weighted by Crippen LogP contribution is 2.20. The second kappa shape index (κ2) is 6.20. The monoisotopic (exact) mass is 279 g/mol. The van der Waals surface area contributed by atoms with E-state index in [1.165, 1.54) is 0 Å². The molecule has 1 fully saturated rings. The number of benzene rings is 1. The highest BCUT2D eigenvalue weighted by molar-refractivity contribution is 6.31. The molecule has 0 saturated carbocycles. The van der Waals surface area contributed by atoms with Gasteiger partial charge in [0.2, 0.25) is 5.91 Å². The van der Waals surface area contributed by atoms with Gasteiger partial charge in [0, 0.05) is 30.5 Å². The lowest BCUT2D eigenvalue weighted by molar-refractivity contribution is -0.136. The number of ketones is 1. The van der Waals surface area contributed by atoms with E-state index in [0.717, 1.165) is 12.0 Å². The molecule has 1 aromatic carbocycles. The molecule has 1 saturated heterocycles. The lowest BCUT2D eigenvalue weighted by Crippen LogP contribution is -2.44. The molecule has 1 heterocycles. The smallest absolute Gasteiger partial charge is 0.227 e. The Balaban J connectivity index is 2.01. The second-order valence-electron chi connectivity index (χ2n) is 4.93. The molecule has 4 heteroatoms. The van der Waals surface area contributed by atoms with Crippen LogP contribution in [0.1, 0.15) is 25.3 Å². The highest BCUT2D eigenvalue weighted by Gasteiger charge is 2.28. The first kappa shape index (κ1) is 14.1. The fourth-order valence-corrected chi connectivity index (χ4v) is 2.61. The Labute approximate surface area is 118 Å². The Morgan fingerprint density at radius 3 is 2.84 bits per heavy atom. The predicted molar refractivity (Wildman–Crippen MR) is 75.1 cm³/mol. The fourth-order valence-electron chi connectivity index (χ4n) is 2.41. The third kappa shape index (κ3) is 3.35. The molecular formula is C15H18ClNO2. The molecule has 1 aliphatic rings. The summed E-state index contributed by atoms with van der Waals surface area (Å²) >= 11 is 6.06. The van der Waals surface area contributed by atoms with Crippen molar-refractivity contribution < 1.29 is 9.59 Å². The van der Waals surface area contributed by atoms with Crippen molar-refractivity contribution in [2.75, 3.05) is 13.1 Å². The maximum absolute atomic E-state index is 12.2. The number of amides is 1. The van der Waals surface area contributed by atoms with Gasteiger partial charge in [0.05, 0.1) is 6.42 Å². The van der Waals surface area contributed by atoms with E-state index in [0.29, 0.717) is 31.0 Å². The number of carbonyl (C=O) groups excluding carboxylic acids is 2. The van der Waals surface area contributed by atoms with E-state index >= 15 is 0 Å². The Hall–Kier alpha value is -1.35. The molecular weight excluding hydrogens is 262 g/mol. The minimum atomic E-state index is 0.00365. The van der Waals surface area contributed by atoms with Crippen molar-refractivity contribution in [1.29, 1.82) is 0 Å². The van der Waals surface area contributed by atoms with Crippen molar-refractivity contribution in [2.24, 2.45) is 5.92 Å². The zero-order chi connectivity index (χ0) is 13.8. The van der Waals surface area contributed by atoms with Gasteiger partial charge in [-0.3, -0.25) is 9.59 Å². The molecule has 102 valence electrons. The van der Waals surface area contributed by atoms with Gasteiger partial charge in [0.25, 0.3) is 0 Å². The van der Waals surface area contributed by atoms with Gasteiger partial charge in [0.15, 0.2) is 0 Å². The average molecular weight is 280 g/mol. The zero-order valence-corrected chi connectivity index (χ0v) is 11.8. The summed E-state index contributed by atoms with van der Waals surface area (Å²) in [6.45, 7) is 3.09. The van der Waals surface area contributed by atoms with Crippen LogP contribution >= 0.6 is 11.6 Å². The van der Waals surface area contributed by atoms with Crippen molar-refractivity contribution >= 4 is 23.3 Å². The molecule has 3 nitrogen and oxygen atoms in total. The lowest BCUT2D eigenvalue weighted by atomic mass is 9.94. The highest BCUT2D eigenvalue weighted by atomic mass is 35.5. The van der Waals surface area contributed by atoms with Gasteiger partial charge in [0.1, 0.15) is 5.78 Å². The summed E-state index contributed by atoms with van der Waals surface area (Å²) in [5.41, 5.74) is 0.846. The van der Waals surface area contributed by atoms with Crippen LogP contribution in [0.15, 0.2) is 24.3 Å². The standard InChI is InChI=1S/C15H18ClNO2/c1-2-11-10-17(8-7-14(11)18)15(19)9-12-5-3-4-6-13(12)16/h3-6,11H,2,7-10H2,1H3.